The van der Waals surface area contributed by atoms with E-state index in [0.29, 0.717) is 15.8 Å². The van der Waals surface area contributed by atoms with Crippen LogP contribution in [0.15, 0.2) is 47.6 Å². The van der Waals surface area contributed by atoms with E-state index in [9.17, 15) is 0 Å². The third-order valence-electron chi connectivity index (χ3n) is 3.65. The summed E-state index contributed by atoms with van der Waals surface area (Å²) in [5.74, 6) is 1.54. The van der Waals surface area contributed by atoms with Crippen molar-refractivity contribution in [3.05, 3.63) is 58.1 Å². The molecular weight excluding hydrogens is 393 g/mol. The van der Waals surface area contributed by atoms with Crippen molar-refractivity contribution < 1.29 is 10.1 Å². The molecule has 0 aliphatic heterocycles. The van der Waals surface area contributed by atoms with Gasteiger partial charge in [-0.05, 0) is 34.7 Å². The van der Waals surface area contributed by atoms with Crippen molar-refractivity contribution in [2.45, 2.75) is 11.7 Å². The van der Waals surface area contributed by atoms with Crippen LogP contribution in [0.3, 0.4) is 0 Å². The lowest BCUT2D eigenvalue weighted by Gasteiger charge is -2.10. The van der Waals surface area contributed by atoms with Gasteiger partial charge in [-0.1, -0.05) is 53.2 Å². The fourth-order valence-corrected chi connectivity index (χ4v) is 3.92. The van der Waals surface area contributed by atoms with Crippen LogP contribution in [0, 0.1) is 0 Å². The molecule has 0 bridgehead atoms. The minimum atomic E-state index is 0.528. The van der Waals surface area contributed by atoms with Gasteiger partial charge < -0.3 is 10.1 Å². The summed E-state index contributed by atoms with van der Waals surface area (Å²) in [6.07, 6.45) is 0. The summed E-state index contributed by atoms with van der Waals surface area (Å²) < 4.78 is 7.11. The summed E-state index contributed by atoms with van der Waals surface area (Å²) in [6, 6.07) is 13.4. The molecule has 136 valence electrons. The number of thioether (sulfide) groups is 1. The molecule has 3 aromatic rings. The molecular formula is C17H18Cl2N5OS+. The van der Waals surface area contributed by atoms with Crippen molar-refractivity contribution in [3.8, 4) is 11.4 Å². The molecule has 1 heterocycles. The van der Waals surface area contributed by atoms with Gasteiger partial charge in [0, 0.05) is 5.02 Å². The van der Waals surface area contributed by atoms with Gasteiger partial charge in [0.05, 0.1) is 35.7 Å². The number of aromatic nitrogens is 4. The molecule has 9 heteroatoms. The molecule has 2 N–H and O–H groups in total. The fraction of sp³-hybridized carbons (Fsp3) is 0.235. The molecule has 0 saturated heterocycles. The van der Waals surface area contributed by atoms with Crippen LogP contribution in [0.25, 0.3) is 5.69 Å². The molecule has 0 aliphatic carbocycles. The third kappa shape index (κ3) is 4.67. The summed E-state index contributed by atoms with van der Waals surface area (Å²) in [5.41, 5.74) is 1.92. The summed E-state index contributed by atoms with van der Waals surface area (Å²) in [6.45, 7) is 1.62. The first kappa shape index (κ1) is 19.0. The Morgan fingerprint density at radius 3 is 2.77 bits per heavy atom. The number of ether oxygens (including phenoxy) is 1. The molecule has 0 aliphatic rings. The summed E-state index contributed by atoms with van der Waals surface area (Å²) in [5, 5.41) is 16.0. The van der Waals surface area contributed by atoms with Crippen molar-refractivity contribution in [2.75, 3.05) is 19.4 Å². The van der Waals surface area contributed by atoms with Crippen LogP contribution in [0.1, 0.15) is 5.56 Å². The standard InChI is InChI=1S/C17H17Cl2N5OS/c1-25-16-12(9-13(18)10-15(16)19)11-20-7-8-26-17-21-22-23-24(17)14-5-3-2-4-6-14/h2-6,9-10,20H,7-8,11H2,1H3/p+1. The number of tetrazole rings is 1. The van der Waals surface area contributed by atoms with Gasteiger partial charge in [-0.2, -0.15) is 4.68 Å². The minimum Gasteiger partial charge on any atom is -0.495 e. The first-order valence-electron chi connectivity index (χ1n) is 7.99. The van der Waals surface area contributed by atoms with Crippen LogP contribution in [-0.2, 0) is 6.54 Å². The Hall–Kier alpha value is -1.80. The van der Waals surface area contributed by atoms with E-state index in [-0.39, 0.29) is 0 Å². The average Bonchev–Trinajstić information content (AvgIpc) is 3.10. The lowest BCUT2D eigenvalue weighted by molar-refractivity contribution is -0.666. The maximum absolute atomic E-state index is 6.17. The van der Waals surface area contributed by atoms with E-state index in [1.807, 2.05) is 36.4 Å². The zero-order chi connectivity index (χ0) is 18.4. The molecule has 0 amide bonds. The van der Waals surface area contributed by atoms with Crippen molar-refractivity contribution >= 4 is 35.0 Å². The second kappa shape index (κ2) is 9.23. The Morgan fingerprint density at radius 2 is 2.00 bits per heavy atom. The van der Waals surface area contributed by atoms with E-state index in [2.05, 4.69) is 20.8 Å². The Balaban J connectivity index is 1.53. The van der Waals surface area contributed by atoms with E-state index >= 15 is 0 Å². The Morgan fingerprint density at radius 1 is 1.19 bits per heavy atom. The number of quaternary nitrogens is 1. The van der Waals surface area contributed by atoms with Crippen LogP contribution >= 0.6 is 35.0 Å². The third-order valence-corrected chi connectivity index (χ3v) is 5.10. The molecule has 6 nitrogen and oxygen atoms in total. The van der Waals surface area contributed by atoms with E-state index in [0.717, 1.165) is 35.2 Å². The highest BCUT2D eigenvalue weighted by Crippen LogP contribution is 2.31. The van der Waals surface area contributed by atoms with Crippen LogP contribution in [0.4, 0.5) is 0 Å². The van der Waals surface area contributed by atoms with Crippen molar-refractivity contribution in [3.63, 3.8) is 0 Å². The highest BCUT2D eigenvalue weighted by molar-refractivity contribution is 7.99. The number of nitrogens with two attached hydrogens (primary N) is 1. The number of para-hydroxylation sites is 1. The molecule has 26 heavy (non-hydrogen) atoms. The average molecular weight is 411 g/mol. The van der Waals surface area contributed by atoms with Gasteiger partial charge >= 0.3 is 0 Å². The van der Waals surface area contributed by atoms with Gasteiger partial charge in [0.25, 0.3) is 0 Å². The summed E-state index contributed by atoms with van der Waals surface area (Å²) in [4.78, 5) is 0. The van der Waals surface area contributed by atoms with Gasteiger partial charge in [-0.15, -0.1) is 5.10 Å². The number of methoxy groups -OCH3 is 1. The lowest BCUT2D eigenvalue weighted by Crippen LogP contribution is -2.83. The van der Waals surface area contributed by atoms with E-state index in [4.69, 9.17) is 27.9 Å². The maximum atomic E-state index is 6.17. The smallest absolute Gasteiger partial charge is 0.214 e. The molecule has 0 fully saturated rings. The zero-order valence-corrected chi connectivity index (χ0v) is 16.4. The highest BCUT2D eigenvalue weighted by atomic mass is 35.5. The molecule has 0 saturated carbocycles. The van der Waals surface area contributed by atoms with Crippen LogP contribution in [0.2, 0.25) is 10.0 Å². The van der Waals surface area contributed by atoms with Crippen LogP contribution < -0.4 is 10.1 Å². The first-order chi connectivity index (χ1) is 12.7. The zero-order valence-electron chi connectivity index (χ0n) is 14.1. The SMILES string of the molecule is COc1c(Cl)cc(Cl)cc1C[NH2+]CCSc1nnnn1-c1ccccc1. The number of rotatable bonds is 8. The molecule has 3 rings (SSSR count). The van der Waals surface area contributed by atoms with Gasteiger partial charge in [-0.3, -0.25) is 0 Å². The molecule has 0 radical (unpaired) electrons. The molecule has 2 aromatic carbocycles. The normalized spacial score (nSPS) is 10.9. The van der Waals surface area contributed by atoms with E-state index < -0.39 is 0 Å². The van der Waals surface area contributed by atoms with E-state index in [1.165, 1.54) is 0 Å². The number of benzene rings is 2. The lowest BCUT2D eigenvalue weighted by atomic mass is 10.2. The topological polar surface area (TPSA) is 69.4 Å². The van der Waals surface area contributed by atoms with Crippen molar-refractivity contribution in [1.82, 2.24) is 20.2 Å². The number of hydrogen-bond donors (Lipinski definition) is 1. The van der Waals surface area contributed by atoms with Crippen LogP contribution in [-0.4, -0.2) is 39.6 Å². The van der Waals surface area contributed by atoms with Crippen molar-refractivity contribution in [2.24, 2.45) is 0 Å². The van der Waals surface area contributed by atoms with Gasteiger partial charge in [0.15, 0.2) is 0 Å². The monoisotopic (exact) mass is 410 g/mol. The summed E-state index contributed by atoms with van der Waals surface area (Å²) in [7, 11) is 1.61. The number of halogens is 2. The fourth-order valence-electron chi connectivity index (χ4n) is 2.49. The van der Waals surface area contributed by atoms with E-state index in [1.54, 1.807) is 29.6 Å². The highest BCUT2D eigenvalue weighted by Gasteiger charge is 2.12. The molecule has 0 atom stereocenters. The Labute approximate surface area is 165 Å². The first-order valence-corrected chi connectivity index (χ1v) is 9.73. The Bertz CT molecular complexity index is 860. The largest absolute Gasteiger partial charge is 0.495 e. The second-order valence-corrected chi connectivity index (χ2v) is 7.32. The van der Waals surface area contributed by atoms with Gasteiger partial charge in [0.1, 0.15) is 12.3 Å². The minimum absolute atomic E-state index is 0.528. The predicted octanol–water partition coefficient (Wildman–Crippen LogP) is 2.83. The Kier molecular flexibility index (Phi) is 6.73. The van der Waals surface area contributed by atoms with Crippen molar-refractivity contribution in [1.29, 1.82) is 0 Å². The molecule has 0 spiro atoms. The maximum Gasteiger partial charge on any atom is 0.214 e. The number of nitrogens with zero attached hydrogens (tertiary/aromatic N) is 4. The summed E-state index contributed by atoms with van der Waals surface area (Å²) >= 11 is 13.9. The predicted molar refractivity (Wildman–Crippen MR) is 103 cm³/mol. The van der Waals surface area contributed by atoms with Crippen LogP contribution in [0.5, 0.6) is 5.75 Å². The number of hydrogen-bond acceptors (Lipinski definition) is 5. The van der Waals surface area contributed by atoms with Gasteiger partial charge in [-0.25, -0.2) is 0 Å². The molecule has 1 aromatic heterocycles. The van der Waals surface area contributed by atoms with Gasteiger partial charge in [0.2, 0.25) is 5.16 Å². The second-order valence-electron chi connectivity index (χ2n) is 5.42. The quantitative estimate of drug-likeness (QED) is 0.456. The molecule has 0 unspecified atom stereocenters.